The summed E-state index contributed by atoms with van der Waals surface area (Å²) in [5, 5.41) is 21.2. The van der Waals surface area contributed by atoms with Crippen molar-refractivity contribution in [2.75, 3.05) is 18.1 Å². The quantitative estimate of drug-likeness (QED) is 0.0872. The molecule has 0 spiro atoms. The van der Waals surface area contributed by atoms with Crippen LogP contribution in [0, 0.1) is 6.92 Å². The summed E-state index contributed by atoms with van der Waals surface area (Å²) in [4.78, 5) is 44.9. The SMILES string of the molecule is C=CCOC(=O)c1sc(N2C(=O)C(=O)/C(=C(\O)c3ccc(OCCCC)cc3)C2c2ccc(O)cc2)nc1C. The van der Waals surface area contributed by atoms with Crippen molar-refractivity contribution in [2.24, 2.45) is 0 Å². The normalized spacial score (nSPS) is 16.4. The number of unbranched alkanes of at least 4 members (excludes halogenated alkanes) is 1. The Morgan fingerprint density at radius 1 is 1.15 bits per heavy atom. The predicted molar refractivity (Wildman–Crippen MR) is 147 cm³/mol. The third-order valence-electron chi connectivity index (χ3n) is 6.06. The van der Waals surface area contributed by atoms with E-state index in [0.29, 0.717) is 29.2 Å². The maximum absolute atomic E-state index is 13.4. The van der Waals surface area contributed by atoms with Gasteiger partial charge in [0.2, 0.25) is 0 Å². The van der Waals surface area contributed by atoms with Crippen LogP contribution in [-0.4, -0.2) is 46.1 Å². The fourth-order valence-electron chi connectivity index (χ4n) is 4.08. The van der Waals surface area contributed by atoms with E-state index in [4.69, 9.17) is 9.47 Å². The number of aryl methyl sites for hydroxylation is 1. The number of benzene rings is 2. The van der Waals surface area contributed by atoms with E-state index >= 15 is 0 Å². The molecule has 1 amide bonds. The van der Waals surface area contributed by atoms with Gasteiger partial charge < -0.3 is 19.7 Å². The van der Waals surface area contributed by atoms with Crippen LogP contribution in [0.25, 0.3) is 5.76 Å². The number of nitrogens with zero attached hydrogens (tertiary/aromatic N) is 2. The highest BCUT2D eigenvalue weighted by Gasteiger charge is 2.48. The van der Waals surface area contributed by atoms with E-state index in [-0.39, 0.29) is 33.7 Å². The van der Waals surface area contributed by atoms with Gasteiger partial charge in [-0.05, 0) is 55.3 Å². The Morgan fingerprint density at radius 3 is 2.49 bits per heavy atom. The molecule has 1 aromatic heterocycles. The highest BCUT2D eigenvalue weighted by Crippen LogP contribution is 2.44. The number of ketones is 1. The number of anilines is 1. The molecule has 202 valence electrons. The number of phenols is 1. The van der Waals surface area contributed by atoms with Crippen LogP contribution in [0.15, 0.2) is 66.8 Å². The van der Waals surface area contributed by atoms with Crippen LogP contribution in [0.4, 0.5) is 5.13 Å². The van der Waals surface area contributed by atoms with Gasteiger partial charge in [0.05, 0.1) is 23.9 Å². The summed E-state index contributed by atoms with van der Waals surface area (Å²) >= 11 is 0.906. The number of aromatic hydroxyl groups is 1. The number of aliphatic hydroxyl groups excluding tert-OH is 1. The van der Waals surface area contributed by atoms with Crippen LogP contribution in [0.3, 0.4) is 0 Å². The molecule has 1 fully saturated rings. The lowest BCUT2D eigenvalue weighted by molar-refractivity contribution is -0.132. The molecule has 2 heterocycles. The number of phenolic OH excluding ortho intramolecular Hbond substituents is 1. The first-order chi connectivity index (χ1) is 18.8. The smallest absolute Gasteiger partial charge is 0.350 e. The summed E-state index contributed by atoms with van der Waals surface area (Å²) < 4.78 is 10.8. The van der Waals surface area contributed by atoms with E-state index in [1.54, 1.807) is 43.3 Å². The van der Waals surface area contributed by atoms with Crippen molar-refractivity contribution in [1.82, 2.24) is 4.98 Å². The zero-order chi connectivity index (χ0) is 28.1. The minimum atomic E-state index is -1.06. The van der Waals surface area contributed by atoms with Crippen molar-refractivity contribution in [1.29, 1.82) is 0 Å². The lowest BCUT2D eigenvalue weighted by Gasteiger charge is -2.23. The molecule has 9 nitrogen and oxygen atoms in total. The largest absolute Gasteiger partial charge is 0.508 e. The van der Waals surface area contributed by atoms with Gasteiger partial charge in [-0.1, -0.05) is 49.5 Å². The number of Topliss-reactive ketones (excluding diaryl/α,β-unsaturated/α-hetero) is 1. The average molecular weight is 549 g/mol. The molecule has 0 saturated carbocycles. The van der Waals surface area contributed by atoms with Crippen LogP contribution in [0.5, 0.6) is 11.5 Å². The van der Waals surface area contributed by atoms with Gasteiger partial charge in [0, 0.05) is 5.56 Å². The molecule has 1 saturated heterocycles. The van der Waals surface area contributed by atoms with Crippen molar-refractivity contribution < 1.29 is 34.1 Å². The maximum atomic E-state index is 13.4. The van der Waals surface area contributed by atoms with E-state index in [2.05, 4.69) is 18.5 Å². The van der Waals surface area contributed by atoms with E-state index in [9.17, 15) is 24.6 Å². The highest BCUT2D eigenvalue weighted by atomic mass is 32.1. The Kier molecular flexibility index (Phi) is 8.46. The number of ether oxygens (including phenoxy) is 2. The molecule has 0 aliphatic carbocycles. The zero-order valence-corrected chi connectivity index (χ0v) is 22.4. The summed E-state index contributed by atoms with van der Waals surface area (Å²) in [7, 11) is 0. The van der Waals surface area contributed by atoms with Crippen LogP contribution in [-0.2, 0) is 14.3 Å². The number of hydrogen-bond acceptors (Lipinski definition) is 9. The second-order valence-electron chi connectivity index (χ2n) is 8.79. The molecule has 0 radical (unpaired) electrons. The van der Waals surface area contributed by atoms with Crippen molar-refractivity contribution >= 4 is 39.9 Å². The third kappa shape index (κ3) is 5.70. The first kappa shape index (κ1) is 27.6. The predicted octanol–water partition coefficient (Wildman–Crippen LogP) is 5.31. The maximum Gasteiger partial charge on any atom is 0.350 e. The Morgan fingerprint density at radius 2 is 1.85 bits per heavy atom. The molecule has 2 N–H and O–H groups in total. The fourth-order valence-corrected chi connectivity index (χ4v) is 5.06. The number of hydrogen-bond donors (Lipinski definition) is 2. The van der Waals surface area contributed by atoms with E-state index < -0.39 is 23.7 Å². The van der Waals surface area contributed by atoms with Gasteiger partial charge in [-0.15, -0.1) is 0 Å². The number of carbonyl (C=O) groups is 3. The number of aromatic nitrogens is 1. The number of amides is 1. The molecule has 1 unspecified atom stereocenters. The minimum absolute atomic E-state index is 0.00592. The van der Waals surface area contributed by atoms with Crippen molar-refractivity contribution in [3.8, 4) is 11.5 Å². The lowest BCUT2D eigenvalue weighted by Crippen LogP contribution is -2.29. The molecule has 0 bridgehead atoms. The Balaban J connectivity index is 1.79. The Hall–Kier alpha value is -4.44. The fraction of sp³-hybridized carbons (Fsp3) is 0.241. The number of carbonyl (C=O) groups excluding carboxylic acids is 3. The first-order valence-corrected chi connectivity index (χ1v) is 13.2. The van der Waals surface area contributed by atoms with Gasteiger partial charge in [-0.2, -0.15) is 0 Å². The van der Waals surface area contributed by atoms with Crippen molar-refractivity contribution in [3.05, 3.63) is 88.5 Å². The van der Waals surface area contributed by atoms with E-state index in [0.717, 1.165) is 29.1 Å². The standard InChI is InChI=1S/C29H28N2O7S/c1-4-6-16-37-21-13-9-19(10-14-21)24(33)22-23(18-7-11-20(32)12-8-18)31(27(35)25(22)34)29-30-17(3)26(39-29)28(36)38-15-5-2/h5,7-14,23,32-33H,2,4,6,15-16H2,1,3H3/b24-22-. The van der Waals surface area contributed by atoms with Crippen LogP contribution in [0.2, 0.25) is 0 Å². The van der Waals surface area contributed by atoms with Gasteiger partial charge in [0.15, 0.2) is 5.13 Å². The van der Waals surface area contributed by atoms with Gasteiger partial charge in [0.1, 0.15) is 28.7 Å². The molecule has 39 heavy (non-hydrogen) atoms. The van der Waals surface area contributed by atoms with Crippen LogP contribution in [0.1, 0.15) is 52.3 Å². The summed E-state index contributed by atoms with van der Waals surface area (Å²) in [6, 6.07) is 11.5. The number of thiazole rings is 1. The molecule has 1 atom stereocenters. The Labute approximate surface area is 229 Å². The molecule has 1 aliphatic rings. The topological polar surface area (TPSA) is 126 Å². The molecule has 2 aromatic carbocycles. The summed E-state index contributed by atoms with van der Waals surface area (Å²) in [6.45, 7) is 7.75. The Bertz CT molecular complexity index is 1420. The van der Waals surface area contributed by atoms with Gasteiger partial charge >= 0.3 is 11.9 Å². The average Bonchev–Trinajstić information content (AvgIpc) is 3.44. The van der Waals surface area contributed by atoms with Gasteiger partial charge in [0.25, 0.3) is 5.78 Å². The summed E-state index contributed by atoms with van der Waals surface area (Å²) in [5.74, 6) is -2.20. The monoisotopic (exact) mass is 548 g/mol. The molecule has 1 aliphatic heterocycles. The molecule has 3 aromatic rings. The summed E-state index contributed by atoms with van der Waals surface area (Å²) in [5.41, 5.74) is 0.961. The van der Waals surface area contributed by atoms with Gasteiger partial charge in [-0.25, -0.2) is 9.78 Å². The van der Waals surface area contributed by atoms with Gasteiger partial charge in [-0.3, -0.25) is 14.5 Å². The van der Waals surface area contributed by atoms with Crippen molar-refractivity contribution in [2.45, 2.75) is 32.7 Å². The number of aliphatic hydroxyl groups is 1. The zero-order valence-electron chi connectivity index (χ0n) is 21.5. The third-order valence-corrected chi connectivity index (χ3v) is 7.19. The molecular weight excluding hydrogens is 520 g/mol. The molecule has 4 rings (SSSR count). The van der Waals surface area contributed by atoms with Crippen LogP contribution < -0.4 is 9.64 Å². The van der Waals surface area contributed by atoms with Crippen molar-refractivity contribution in [3.63, 3.8) is 0 Å². The van der Waals surface area contributed by atoms with E-state index in [1.807, 2.05) is 0 Å². The lowest BCUT2D eigenvalue weighted by atomic mass is 9.95. The highest BCUT2D eigenvalue weighted by molar-refractivity contribution is 7.17. The second kappa shape index (κ2) is 12.0. The molecular formula is C29H28N2O7S. The summed E-state index contributed by atoms with van der Waals surface area (Å²) in [6.07, 6.45) is 3.33. The molecule has 10 heteroatoms. The van der Waals surface area contributed by atoms with E-state index in [1.165, 1.54) is 18.2 Å². The number of esters is 1. The second-order valence-corrected chi connectivity index (χ2v) is 9.76. The first-order valence-electron chi connectivity index (χ1n) is 12.3. The van der Waals surface area contributed by atoms with Crippen LogP contribution >= 0.6 is 11.3 Å². The number of rotatable bonds is 10. The minimum Gasteiger partial charge on any atom is -0.508 e.